The highest BCUT2D eigenvalue weighted by Crippen LogP contribution is 2.28. The molecule has 0 aromatic carbocycles. The highest BCUT2D eigenvalue weighted by Gasteiger charge is 2.15. The van der Waals surface area contributed by atoms with E-state index in [0.29, 0.717) is 12.5 Å². The van der Waals surface area contributed by atoms with Gasteiger partial charge in [0.2, 0.25) is 5.88 Å². The van der Waals surface area contributed by atoms with Gasteiger partial charge in [-0.2, -0.15) is 0 Å². The Labute approximate surface area is 63.8 Å². The van der Waals surface area contributed by atoms with E-state index in [9.17, 15) is 0 Å². The van der Waals surface area contributed by atoms with Crippen LogP contribution in [0, 0.1) is 0 Å². The predicted molar refractivity (Wildman–Crippen MR) is 38.4 cm³/mol. The summed E-state index contributed by atoms with van der Waals surface area (Å²) in [6, 6.07) is 1.79. The molecule has 1 aliphatic heterocycles. The lowest BCUT2D eigenvalue weighted by Crippen LogP contribution is -1.87. The molecular formula is C7H6ClNO. The lowest BCUT2D eigenvalue weighted by atomic mass is 10.2. The normalized spacial score (nSPS) is 14.5. The molecule has 2 rings (SSSR count). The van der Waals surface area contributed by atoms with Crippen LogP contribution in [0.3, 0.4) is 0 Å². The van der Waals surface area contributed by atoms with Crippen molar-refractivity contribution in [3.8, 4) is 5.88 Å². The van der Waals surface area contributed by atoms with E-state index in [1.807, 2.05) is 0 Å². The summed E-state index contributed by atoms with van der Waals surface area (Å²) in [5.74, 6) is 0.701. The Balaban J connectivity index is 2.59. The van der Waals surface area contributed by atoms with Gasteiger partial charge in [0.25, 0.3) is 0 Å². The summed E-state index contributed by atoms with van der Waals surface area (Å²) in [6.07, 6.45) is 2.55. The average Bonchev–Trinajstić information content (AvgIpc) is 2.36. The van der Waals surface area contributed by atoms with Gasteiger partial charge in [-0.25, -0.2) is 4.98 Å². The Hall–Kier alpha value is -0.760. The summed E-state index contributed by atoms with van der Waals surface area (Å²) in [6.45, 7) is 0.714. The monoisotopic (exact) mass is 155 g/mol. The van der Waals surface area contributed by atoms with E-state index >= 15 is 0 Å². The molecule has 0 atom stereocenters. The first kappa shape index (κ1) is 5.98. The third kappa shape index (κ3) is 0.762. The fraction of sp³-hybridized carbons (Fsp3) is 0.286. The molecule has 1 aliphatic rings. The maximum absolute atomic E-state index is 5.85. The molecule has 0 unspecified atom stereocenters. The summed E-state index contributed by atoms with van der Waals surface area (Å²) in [4.78, 5) is 4.01. The Morgan fingerprint density at radius 3 is 3.30 bits per heavy atom. The van der Waals surface area contributed by atoms with Crippen LogP contribution in [0.5, 0.6) is 5.88 Å². The van der Waals surface area contributed by atoms with Crippen molar-refractivity contribution in [3.63, 3.8) is 0 Å². The molecule has 10 heavy (non-hydrogen) atoms. The average molecular weight is 156 g/mol. The van der Waals surface area contributed by atoms with Crippen LogP contribution in [0.1, 0.15) is 5.56 Å². The zero-order valence-corrected chi connectivity index (χ0v) is 6.06. The number of hydrogen-bond donors (Lipinski definition) is 0. The third-order valence-electron chi connectivity index (χ3n) is 1.55. The van der Waals surface area contributed by atoms with Crippen LogP contribution < -0.4 is 4.74 Å². The highest BCUT2D eigenvalue weighted by atomic mass is 35.5. The second-order valence-electron chi connectivity index (χ2n) is 2.17. The zero-order valence-electron chi connectivity index (χ0n) is 5.30. The van der Waals surface area contributed by atoms with Crippen LogP contribution in [-0.2, 0) is 6.42 Å². The van der Waals surface area contributed by atoms with Gasteiger partial charge in [-0.1, -0.05) is 11.6 Å². The minimum atomic E-state index is 0.701. The standard InChI is InChI=1S/C7H6ClNO/c8-6-1-3-9-7-5(6)2-4-10-7/h1,3H,2,4H2. The van der Waals surface area contributed by atoms with E-state index < -0.39 is 0 Å². The maximum Gasteiger partial charge on any atom is 0.218 e. The fourth-order valence-corrected chi connectivity index (χ4v) is 1.28. The number of nitrogens with zero attached hydrogens (tertiary/aromatic N) is 1. The van der Waals surface area contributed by atoms with E-state index in [1.165, 1.54) is 0 Å². The van der Waals surface area contributed by atoms with Crippen LogP contribution in [-0.4, -0.2) is 11.6 Å². The fourth-order valence-electron chi connectivity index (χ4n) is 1.05. The lowest BCUT2D eigenvalue weighted by molar-refractivity contribution is 0.345. The number of halogens is 1. The van der Waals surface area contributed by atoms with Crippen molar-refractivity contribution < 1.29 is 4.74 Å². The lowest BCUT2D eigenvalue weighted by Gasteiger charge is -1.96. The van der Waals surface area contributed by atoms with Gasteiger partial charge in [-0.15, -0.1) is 0 Å². The van der Waals surface area contributed by atoms with Gasteiger partial charge in [-0.05, 0) is 6.07 Å². The predicted octanol–water partition coefficient (Wildman–Crippen LogP) is 1.67. The Morgan fingerprint density at radius 2 is 2.50 bits per heavy atom. The zero-order chi connectivity index (χ0) is 6.97. The van der Waals surface area contributed by atoms with E-state index in [-0.39, 0.29) is 0 Å². The number of ether oxygens (including phenoxy) is 1. The minimum Gasteiger partial charge on any atom is -0.477 e. The SMILES string of the molecule is Clc1ccnc2c1CCO2. The molecule has 0 radical (unpaired) electrons. The molecule has 0 saturated heterocycles. The van der Waals surface area contributed by atoms with Crippen molar-refractivity contribution >= 4 is 11.6 Å². The van der Waals surface area contributed by atoms with Crippen LogP contribution in [0.15, 0.2) is 12.3 Å². The summed E-state index contributed by atoms with van der Waals surface area (Å²) in [7, 11) is 0. The molecule has 52 valence electrons. The van der Waals surface area contributed by atoms with Crippen LogP contribution in [0.25, 0.3) is 0 Å². The molecule has 0 fully saturated rings. The van der Waals surface area contributed by atoms with E-state index in [0.717, 1.165) is 17.0 Å². The molecule has 0 saturated carbocycles. The molecule has 0 N–H and O–H groups in total. The van der Waals surface area contributed by atoms with E-state index in [1.54, 1.807) is 12.3 Å². The number of pyridine rings is 1. The number of rotatable bonds is 0. The van der Waals surface area contributed by atoms with Crippen molar-refractivity contribution in [1.82, 2.24) is 4.98 Å². The smallest absolute Gasteiger partial charge is 0.218 e. The van der Waals surface area contributed by atoms with Crippen molar-refractivity contribution in [3.05, 3.63) is 22.8 Å². The topological polar surface area (TPSA) is 22.1 Å². The number of aromatic nitrogens is 1. The van der Waals surface area contributed by atoms with Crippen molar-refractivity contribution in [2.75, 3.05) is 6.61 Å². The highest BCUT2D eigenvalue weighted by molar-refractivity contribution is 6.31. The summed E-state index contributed by atoms with van der Waals surface area (Å²) in [5.41, 5.74) is 1.05. The second kappa shape index (κ2) is 2.13. The maximum atomic E-state index is 5.85. The summed E-state index contributed by atoms with van der Waals surface area (Å²) < 4.78 is 5.18. The van der Waals surface area contributed by atoms with Gasteiger partial charge in [-0.3, -0.25) is 0 Å². The molecule has 0 spiro atoms. The van der Waals surface area contributed by atoms with Crippen LogP contribution in [0.4, 0.5) is 0 Å². The Kier molecular flexibility index (Phi) is 1.27. The van der Waals surface area contributed by atoms with Gasteiger partial charge < -0.3 is 4.74 Å². The molecule has 0 amide bonds. The van der Waals surface area contributed by atoms with Crippen LogP contribution >= 0.6 is 11.6 Å². The van der Waals surface area contributed by atoms with Crippen molar-refractivity contribution in [1.29, 1.82) is 0 Å². The van der Waals surface area contributed by atoms with E-state index in [4.69, 9.17) is 16.3 Å². The Bertz CT molecular complexity index is 262. The molecule has 1 aromatic heterocycles. The Morgan fingerprint density at radius 1 is 1.60 bits per heavy atom. The first-order chi connectivity index (χ1) is 4.88. The summed E-state index contributed by atoms with van der Waals surface area (Å²) in [5, 5.41) is 0.766. The molecule has 0 aliphatic carbocycles. The first-order valence-electron chi connectivity index (χ1n) is 3.14. The van der Waals surface area contributed by atoms with Crippen LogP contribution in [0.2, 0.25) is 5.02 Å². The van der Waals surface area contributed by atoms with Gasteiger partial charge in [0.05, 0.1) is 11.6 Å². The quantitative estimate of drug-likeness (QED) is 0.569. The van der Waals surface area contributed by atoms with Gasteiger partial charge in [0.15, 0.2) is 0 Å². The summed E-state index contributed by atoms with van der Waals surface area (Å²) >= 11 is 5.85. The number of fused-ring (bicyclic) bond motifs is 1. The van der Waals surface area contributed by atoms with Crippen molar-refractivity contribution in [2.45, 2.75) is 6.42 Å². The third-order valence-corrected chi connectivity index (χ3v) is 1.90. The van der Waals surface area contributed by atoms with Gasteiger partial charge in [0, 0.05) is 18.2 Å². The molecule has 2 nitrogen and oxygen atoms in total. The minimum absolute atomic E-state index is 0.701. The van der Waals surface area contributed by atoms with Gasteiger partial charge in [0.1, 0.15) is 0 Å². The second-order valence-corrected chi connectivity index (χ2v) is 2.58. The molecule has 3 heteroatoms. The van der Waals surface area contributed by atoms with E-state index in [2.05, 4.69) is 4.98 Å². The molecular weight excluding hydrogens is 150 g/mol. The molecule has 2 heterocycles. The van der Waals surface area contributed by atoms with Gasteiger partial charge >= 0.3 is 0 Å². The molecule has 0 bridgehead atoms. The largest absolute Gasteiger partial charge is 0.477 e. The molecule has 1 aromatic rings. The first-order valence-corrected chi connectivity index (χ1v) is 3.52. The number of hydrogen-bond acceptors (Lipinski definition) is 2. The van der Waals surface area contributed by atoms with Crippen molar-refractivity contribution in [2.24, 2.45) is 0 Å².